The largest absolute Gasteiger partial charge is 0.383 e. The Hall–Kier alpha value is -2.08. The minimum absolute atomic E-state index is 0.121. The Balaban J connectivity index is 2.01. The van der Waals surface area contributed by atoms with Crippen molar-refractivity contribution in [2.45, 2.75) is 12.8 Å². The first-order chi connectivity index (χ1) is 9.61. The number of carbonyl (C=O) groups excluding carboxylic acids is 2. The van der Waals surface area contributed by atoms with Gasteiger partial charge in [-0.05, 0) is 30.2 Å². The smallest absolute Gasteiger partial charge is 0.319 e. The maximum atomic E-state index is 11.6. The molecule has 0 saturated carbocycles. The monoisotopic (exact) mass is 277 g/mol. The summed E-state index contributed by atoms with van der Waals surface area (Å²) in [6.45, 7) is 0.940. The van der Waals surface area contributed by atoms with Crippen LogP contribution in [0.3, 0.4) is 0 Å². The van der Waals surface area contributed by atoms with Gasteiger partial charge in [-0.3, -0.25) is 4.79 Å². The van der Waals surface area contributed by atoms with Crippen molar-refractivity contribution in [1.29, 1.82) is 0 Å². The predicted molar refractivity (Wildman–Crippen MR) is 77.1 cm³/mol. The molecule has 108 valence electrons. The van der Waals surface area contributed by atoms with E-state index in [-0.39, 0.29) is 11.9 Å². The van der Waals surface area contributed by atoms with Gasteiger partial charge < -0.3 is 20.3 Å². The molecule has 20 heavy (non-hydrogen) atoms. The lowest BCUT2D eigenvalue weighted by molar-refractivity contribution is -0.118. The van der Waals surface area contributed by atoms with Gasteiger partial charge in [0.05, 0.1) is 6.61 Å². The summed E-state index contributed by atoms with van der Waals surface area (Å²) >= 11 is 0. The number of benzene rings is 1. The second-order valence-corrected chi connectivity index (χ2v) is 4.67. The standard InChI is InChI=1S/C14H19N3O3/c1-17-12-5-4-11(9-10(12)3-6-13(17)18)16-14(19)15-7-8-20-2/h4-5,9H,3,6-8H2,1-2H3,(H2,15,16,19). The summed E-state index contributed by atoms with van der Waals surface area (Å²) in [6.07, 6.45) is 1.21. The number of ether oxygens (including phenoxy) is 1. The molecule has 0 aliphatic carbocycles. The maximum absolute atomic E-state index is 11.6. The SMILES string of the molecule is COCCNC(=O)Nc1ccc2c(c1)CCC(=O)N2C. The Morgan fingerprint density at radius 3 is 2.95 bits per heavy atom. The van der Waals surface area contributed by atoms with Crippen molar-refractivity contribution < 1.29 is 14.3 Å². The van der Waals surface area contributed by atoms with Gasteiger partial charge in [-0.25, -0.2) is 4.79 Å². The summed E-state index contributed by atoms with van der Waals surface area (Å²) in [4.78, 5) is 24.9. The van der Waals surface area contributed by atoms with Gasteiger partial charge in [-0.1, -0.05) is 0 Å². The molecule has 6 nitrogen and oxygen atoms in total. The lowest BCUT2D eigenvalue weighted by atomic mass is 10.0. The van der Waals surface area contributed by atoms with Gasteiger partial charge in [-0.15, -0.1) is 0 Å². The zero-order valence-corrected chi connectivity index (χ0v) is 11.7. The quantitative estimate of drug-likeness (QED) is 0.816. The van der Waals surface area contributed by atoms with E-state index in [9.17, 15) is 9.59 Å². The highest BCUT2D eigenvalue weighted by molar-refractivity contribution is 5.97. The number of nitrogens with zero attached hydrogens (tertiary/aromatic N) is 1. The van der Waals surface area contributed by atoms with Crippen molar-refractivity contribution >= 4 is 23.3 Å². The molecule has 2 rings (SSSR count). The van der Waals surface area contributed by atoms with Crippen LogP contribution in [0.15, 0.2) is 18.2 Å². The fourth-order valence-electron chi connectivity index (χ4n) is 2.18. The molecule has 3 amide bonds. The van der Waals surface area contributed by atoms with Crippen LogP contribution in [0, 0.1) is 0 Å². The van der Waals surface area contributed by atoms with E-state index in [1.807, 2.05) is 12.1 Å². The fraction of sp³-hybridized carbons (Fsp3) is 0.429. The van der Waals surface area contributed by atoms with Crippen molar-refractivity contribution in [2.75, 3.05) is 37.5 Å². The Kier molecular flexibility index (Phi) is 4.57. The van der Waals surface area contributed by atoms with E-state index in [1.165, 1.54) is 0 Å². The lowest BCUT2D eigenvalue weighted by Gasteiger charge is -2.26. The summed E-state index contributed by atoms with van der Waals surface area (Å²) in [5.74, 6) is 0.121. The summed E-state index contributed by atoms with van der Waals surface area (Å²) in [5.41, 5.74) is 2.70. The minimum Gasteiger partial charge on any atom is -0.383 e. The highest BCUT2D eigenvalue weighted by atomic mass is 16.5. The third kappa shape index (κ3) is 3.27. The van der Waals surface area contributed by atoms with E-state index in [4.69, 9.17) is 4.74 Å². The van der Waals surface area contributed by atoms with Crippen LogP contribution >= 0.6 is 0 Å². The highest BCUT2D eigenvalue weighted by Crippen LogP contribution is 2.29. The first-order valence-electron chi connectivity index (χ1n) is 6.55. The van der Waals surface area contributed by atoms with Crippen molar-refractivity contribution in [1.82, 2.24) is 5.32 Å². The van der Waals surface area contributed by atoms with Gasteiger partial charge in [0.2, 0.25) is 5.91 Å². The van der Waals surface area contributed by atoms with Crippen molar-refractivity contribution in [3.8, 4) is 0 Å². The van der Waals surface area contributed by atoms with Crippen LogP contribution in [0.4, 0.5) is 16.2 Å². The van der Waals surface area contributed by atoms with Crippen molar-refractivity contribution in [3.63, 3.8) is 0 Å². The summed E-state index contributed by atoms with van der Waals surface area (Å²) in [6, 6.07) is 5.30. The number of amides is 3. The molecule has 0 fully saturated rings. The summed E-state index contributed by atoms with van der Waals surface area (Å²) in [7, 11) is 3.35. The zero-order chi connectivity index (χ0) is 14.5. The van der Waals surface area contributed by atoms with E-state index < -0.39 is 0 Å². The van der Waals surface area contributed by atoms with Gasteiger partial charge in [0, 0.05) is 38.5 Å². The van der Waals surface area contributed by atoms with Gasteiger partial charge in [0.25, 0.3) is 0 Å². The number of methoxy groups -OCH3 is 1. The van der Waals surface area contributed by atoms with E-state index >= 15 is 0 Å². The average molecular weight is 277 g/mol. The molecule has 0 bridgehead atoms. The molecular weight excluding hydrogens is 258 g/mol. The average Bonchev–Trinajstić information content (AvgIpc) is 2.43. The molecular formula is C14H19N3O3. The van der Waals surface area contributed by atoms with Crippen molar-refractivity contribution in [3.05, 3.63) is 23.8 Å². The topological polar surface area (TPSA) is 70.7 Å². The number of carbonyl (C=O) groups is 2. The number of anilines is 2. The molecule has 1 aromatic carbocycles. The Morgan fingerprint density at radius 1 is 1.40 bits per heavy atom. The third-order valence-corrected chi connectivity index (χ3v) is 3.27. The first kappa shape index (κ1) is 14.3. The first-order valence-corrected chi connectivity index (χ1v) is 6.55. The van der Waals surface area contributed by atoms with Crippen LogP contribution in [0.1, 0.15) is 12.0 Å². The normalized spacial score (nSPS) is 13.9. The molecule has 1 aliphatic rings. The maximum Gasteiger partial charge on any atom is 0.319 e. The van der Waals surface area contributed by atoms with Gasteiger partial charge in [-0.2, -0.15) is 0 Å². The molecule has 0 spiro atoms. The number of hydrogen-bond acceptors (Lipinski definition) is 3. The molecule has 2 N–H and O–H groups in total. The molecule has 0 atom stereocenters. The van der Waals surface area contributed by atoms with Crippen molar-refractivity contribution in [2.24, 2.45) is 0 Å². The Labute approximate surface area is 118 Å². The van der Waals surface area contributed by atoms with E-state index in [0.29, 0.717) is 26.0 Å². The molecule has 0 unspecified atom stereocenters. The van der Waals surface area contributed by atoms with E-state index in [0.717, 1.165) is 16.9 Å². The minimum atomic E-state index is -0.262. The van der Waals surface area contributed by atoms with Gasteiger partial charge >= 0.3 is 6.03 Å². The van der Waals surface area contributed by atoms with Gasteiger partial charge in [0.1, 0.15) is 0 Å². The zero-order valence-electron chi connectivity index (χ0n) is 11.7. The number of rotatable bonds is 4. The number of nitrogens with one attached hydrogen (secondary N) is 2. The fourth-order valence-corrected chi connectivity index (χ4v) is 2.18. The summed E-state index contributed by atoms with van der Waals surface area (Å²) < 4.78 is 4.86. The molecule has 0 aromatic heterocycles. The molecule has 1 heterocycles. The van der Waals surface area contributed by atoms with Gasteiger partial charge in [0.15, 0.2) is 0 Å². The number of hydrogen-bond donors (Lipinski definition) is 2. The van der Waals surface area contributed by atoms with E-state index in [2.05, 4.69) is 10.6 Å². The Morgan fingerprint density at radius 2 is 2.20 bits per heavy atom. The van der Waals surface area contributed by atoms with Crippen LogP contribution in [-0.4, -0.2) is 39.2 Å². The summed E-state index contributed by atoms with van der Waals surface area (Å²) in [5, 5.41) is 5.46. The third-order valence-electron chi connectivity index (χ3n) is 3.27. The Bertz CT molecular complexity index is 516. The predicted octanol–water partition coefficient (Wildman–Crippen LogP) is 1.36. The molecule has 1 aliphatic heterocycles. The second kappa shape index (κ2) is 6.38. The molecule has 1 aromatic rings. The van der Waals surface area contributed by atoms with Crippen LogP contribution in [0.2, 0.25) is 0 Å². The van der Waals surface area contributed by atoms with Crippen LogP contribution in [-0.2, 0) is 16.0 Å². The van der Waals surface area contributed by atoms with Crippen LogP contribution in [0.5, 0.6) is 0 Å². The number of aryl methyl sites for hydroxylation is 1. The number of urea groups is 1. The second-order valence-electron chi connectivity index (χ2n) is 4.67. The molecule has 0 saturated heterocycles. The molecule has 6 heteroatoms. The van der Waals surface area contributed by atoms with E-state index in [1.54, 1.807) is 25.1 Å². The molecule has 0 radical (unpaired) electrons. The van der Waals surface area contributed by atoms with Crippen LogP contribution in [0.25, 0.3) is 0 Å². The highest BCUT2D eigenvalue weighted by Gasteiger charge is 2.20. The van der Waals surface area contributed by atoms with Crippen LogP contribution < -0.4 is 15.5 Å². The number of fused-ring (bicyclic) bond motifs is 1. The lowest BCUT2D eigenvalue weighted by Crippen LogP contribution is -2.32.